The zero-order chi connectivity index (χ0) is 81.0. The molecule has 0 aliphatic carbocycles. The van der Waals surface area contributed by atoms with Gasteiger partial charge in [0.1, 0.15) is 11.6 Å². The number of anilines is 7. The molecule has 7 N–H and O–H groups in total. The number of hydrogen-bond acceptors (Lipinski definition) is 18. The number of halogens is 4. The lowest BCUT2D eigenvalue weighted by molar-refractivity contribution is -0.120. The number of nitrogens with zero attached hydrogens (tertiary/aromatic N) is 12. The van der Waals surface area contributed by atoms with Gasteiger partial charge in [-0.25, -0.2) is 19.6 Å². The third-order valence-electron chi connectivity index (χ3n) is 18.6. The molecule has 0 spiro atoms. The van der Waals surface area contributed by atoms with Crippen LogP contribution in [0.2, 0.25) is 20.1 Å². The molecule has 0 bridgehead atoms. The van der Waals surface area contributed by atoms with Gasteiger partial charge in [-0.05, 0) is 215 Å². The van der Waals surface area contributed by atoms with Gasteiger partial charge in [-0.15, -0.1) is 0 Å². The molecule has 3 aliphatic heterocycles. The quantitative estimate of drug-likeness (QED) is 0.0473. The maximum absolute atomic E-state index is 12.6. The zero-order valence-corrected chi connectivity index (χ0v) is 65.7. The second-order valence-electron chi connectivity index (χ2n) is 26.8. The van der Waals surface area contributed by atoms with Crippen molar-refractivity contribution in [1.82, 2.24) is 55.3 Å². The summed E-state index contributed by atoms with van der Waals surface area (Å²) in [7, 11) is 0. The summed E-state index contributed by atoms with van der Waals surface area (Å²) in [5.41, 5.74) is 13.0. The second kappa shape index (κ2) is 38.6. The highest BCUT2D eigenvalue weighted by molar-refractivity contribution is 6.35. The van der Waals surface area contributed by atoms with Crippen LogP contribution in [0.5, 0.6) is 0 Å². The van der Waals surface area contributed by atoms with E-state index < -0.39 is 0 Å². The SMILES string of the molecule is Cc1cc(C)n(-c2ccc(C(=O)Nc3ccc(Cl)c(-c4ccccn4)c3)cn2)n1.O=C(Nc1ccc(Cl)c(-c2ccccn2)c1)c1ccc(N2CCC(O)CC2)nc1.O=C(Nc1ccc(Cl)c(-c2ccccn2)c1)c1ccc(N2CCNCC2=O)cc1.O=C1CN(c2ccc(C(=O)Nc3ccc(Cl)c(-c4ccccn4)c3)cn2)CCN1. The first kappa shape index (κ1) is 80.9. The maximum atomic E-state index is 12.6. The zero-order valence-electron chi connectivity index (χ0n) is 62.7. The van der Waals surface area contributed by atoms with E-state index in [1.54, 1.807) is 162 Å². The summed E-state index contributed by atoms with van der Waals surface area (Å²) in [6.45, 7) is 8.65. The minimum absolute atomic E-state index is 0.0247. The number of carbonyl (C=O) groups excluding carboxylic acids is 6. The number of hydrogen-bond donors (Lipinski definition) is 7. The Morgan fingerprint density at radius 3 is 1.16 bits per heavy atom. The van der Waals surface area contributed by atoms with Crippen LogP contribution >= 0.6 is 46.4 Å². The molecule has 3 saturated heterocycles. The smallest absolute Gasteiger partial charge is 0.257 e. The number of carbonyl (C=O) groups is 6. The number of piperazine rings is 2. The Morgan fingerprint density at radius 1 is 0.422 bits per heavy atom. The number of benzene rings is 5. The monoisotopic (exact) mass is 1620 g/mol. The summed E-state index contributed by atoms with van der Waals surface area (Å²) >= 11 is 25.2. The lowest BCUT2D eigenvalue weighted by atomic mass is 10.1. The molecule has 0 radical (unpaired) electrons. The Labute approximate surface area is 688 Å². The first-order chi connectivity index (χ1) is 56.3. The molecule has 0 atom stereocenters. The molecule has 29 heteroatoms. The van der Waals surface area contributed by atoms with E-state index in [0.717, 1.165) is 100 Å². The van der Waals surface area contributed by atoms with Crippen molar-refractivity contribution in [2.75, 3.05) is 88.3 Å². The molecular formula is C87H76Cl4N18O7. The summed E-state index contributed by atoms with van der Waals surface area (Å²) in [6.07, 6.45) is 12.6. The second-order valence-corrected chi connectivity index (χ2v) is 28.4. The van der Waals surface area contributed by atoms with E-state index in [0.29, 0.717) is 103 Å². The molecule has 116 heavy (non-hydrogen) atoms. The number of piperidine rings is 1. The average Bonchev–Trinajstić information content (AvgIpc) is 1.40. The van der Waals surface area contributed by atoms with Crippen LogP contribution in [0.15, 0.2) is 256 Å². The van der Waals surface area contributed by atoms with Gasteiger partial charge in [0, 0.05) is 145 Å². The number of aliphatic hydroxyl groups is 1. The fourth-order valence-corrected chi connectivity index (χ4v) is 13.5. The van der Waals surface area contributed by atoms with E-state index in [9.17, 15) is 33.9 Å². The van der Waals surface area contributed by atoms with Gasteiger partial charge >= 0.3 is 0 Å². The highest BCUT2D eigenvalue weighted by Crippen LogP contribution is 2.34. The van der Waals surface area contributed by atoms with E-state index in [1.165, 1.54) is 12.4 Å². The first-order valence-electron chi connectivity index (χ1n) is 36.9. The van der Waals surface area contributed by atoms with Crippen molar-refractivity contribution in [2.45, 2.75) is 32.8 Å². The molecule has 8 aromatic heterocycles. The van der Waals surface area contributed by atoms with Crippen LogP contribution in [0.3, 0.4) is 0 Å². The first-order valence-corrected chi connectivity index (χ1v) is 38.4. The van der Waals surface area contributed by atoms with E-state index >= 15 is 0 Å². The van der Waals surface area contributed by atoms with Gasteiger partial charge in [0.15, 0.2) is 5.82 Å². The molecular weight excluding hydrogens is 1550 g/mol. The molecule has 13 aromatic rings. The lowest BCUT2D eigenvalue weighted by Crippen LogP contribution is -2.48. The Kier molecular flexibility index (Phi) is 26.9. The van der Waals surface area contributed by atoms with Crippen molar-refractivity contribution in [3.8, 4) is 50.8 Å². The normalized spacial score (nSPS) is 13.2. The molecule has 3 fully saturated rings. The Hall–Kier alpha value is -13.1. The number of pyridine rings is 7. The van der Waals surface area contributed by atoms with Crippen molar-refractivity contribution >= 4 is 122 Å². The highest BCUT2D eigenvalue weighted by Gasteiger charge is 2.24. The molecule has 3 aliphatic rings. The van der Waals surface area contributed by atoms with Crippen molar-refractivity contribution < 1.29 is 33.9 Å². The number of aliphatic hydroxyl groups excluding tert-OH is 1. The predicted molar refractivity (Wildman–Crippen MR) is 454 cm³/mol. The number of aromatic nitrogens is 9. The molecule has 584 valence electrons. The number of nitrogens with one attached hydrogen (secondary N) is 6. The summed E-state index contributed by atoms with van der Waals surface area (Å²) in [5, 5.41) is 33.6. The van der Waals surface area contributed by atoms with Crippen LogP contribution in [-0.4, -0.2) is 144 Å². The number of aryl methyl sites for hydroxylation is 2. The number of amides is 6. The van der Waals surface area contributed by atoms with Crippen LogP contribution in [-0.2, 0) is 9.59 Å². The molecule has 25 nitrogen and oxygen atoms in total. The molecule has 0 unspecified atom stereocenters. The van der Waals surface area contributed by atoms with Gasteiger partial charge in [0.2, 0.25) is 11.8 Å². The molecule has 6 amide bonds. The topological polar surface area (TPSA) is 313 Å². The van der Waals surface area contributed by atoms with E-state index in [4.69, 9.17) is 46.4 Å². The summed E-state index contributed by atoms with van der Waals surface area (Å²) in [4.78, 5) is 110. The van der Waals surface area contributed by atoms with Crippen molar-refractivity contribution in [1.29, 1.82) is 0 Å². The van der Waals surface area contributed by atoms with Gasteiger partial charge in [-0.2, -0.15) is 5.10 Å². The van der Waals surface area contributed by atoms with Crippen molar-refractivity contribution in [2.24, 2.45) is 0 Å². The minimum atomic E-state index is -0.283. The molecule has 11 heterocycles. The largest absolute Gasteiger partial charge is 0.393 e. The Morgan fingerprint density at radius 2 is 0.810 bits per heavy atom. The van der Waals surface area contributed by atoms with E-state index in [2.05, 4.69) is 76.8 Å². The average molecular weight is 1630 g/mol. The van der Waals surface area contributed by atoms with Crippen molar-refractivity contribution in [3.63, 3.8) is 0 Å². The standard InChI is InChI=1S/C22H18ClN5O.C22H19ClN4O2.C22H21ClN4O2.C21H18ClN5O2/c1-14-11-15(2)28(27-14)21-9-6-16(13-25-21)22(29)26-17-7-8-19(23)18(12-17)20-5-3-4-10-24-20;23-19-9-6-16(13-18(19)20-3-1-2-10-25-20)26-22(29)15-4-7-17(8-5-15)27-12-11-24-14-21(27)28;23-19-6-5-16(13-18(19)20-3-1-2-10-24-20)26-22(29)15-4-7-21(25-14-15)27-11-8-17(28)9-12-27;22-17-6-5-15(11-16(17)18-3-1-2-8-23-18)26-21(29)14-4-7-19(25-12-14)27-10-9-24-20(28)13-27/h3-13H,1-2H3,(H,26,29);1-10,13,24H,11-12,14H2,(H,26,29);1-7,10,13-14,17,28H,8-9,11-12H2,(H,26,29);1-8,11-12H,9-10,13H2,(H,24,28)(H,26,29). The summed E-state index contributed by atoms with van der Waals surface area (Å²) in [5.74, 6) is 1.11. The van der Waals surface area contributed by atoms with Crippen LogP contribution in [0.1, 0.15) is 65.7 Å². The van der Waals surface area contributed by atoms with E-state index in [-0.39, 0.29) is 48.1 Å². The van der Waals surface area contributed by atoms with E-state index in [1.807, 2.05) is 110 Å². The van der Waals surface area contributed by atoms with Crippen LogP contribution < -0.4 is 46.6 Å². The van der Waals surface area contributed by atoms with Gasteiger partial charge in [0.25, 0.3) is 23.6 Å². The van der Waals surface area contributed by atoms with Gasteiger partial charge in [-0.3, -0.25) is 48.7 Å². The van der Waals surface area contributed by atoms with Gasteiger partial charge in [-0.1, -0.05) is 70.7 Å². The highest BCUT2D eigenvalue weighted by atomic mass is 35.5. The summed E-state index contributed by atoms with van der Waals surface area (Å²) < 4.78 is 1.75. The van der Waals surface area contributed by atoms with Crippen LogP contribution in [0.4, 0.5) is 40.1 Å². The third-order valence-corrected chi connectivity index (χ3v) is 19.9. The lowest BCUT2D eigenvalue weighted by Gasteiger charge is -2.30. The van der Waals surface area contributed by atoms with Crippen LogP contribution in [0, 0.1) is 13.8 Å². The maximum Gasteiger partial charge on any atom is 0.257 e. The molecule has 16 rings (SSSR count). The Balaban J connectivity index is 0.000000135. The third kappa shape index (κ3) is 21.2. The predicted octanol–water partition coefficient (Wildman–Crippen LogP) is 15.4. The van der Waals surface area contributed by atoms with Gasteiger partial charge in [0.05, 0.1) is 84.4 Å². The van der Waals surface area contributed by atoms with Crippen LogP contribution in [0.25, 0.3) is 50.8 Å². The molecule has 0 saturated carbocycles. The summed E-state index contributed by atoms with van der Waals surface area (Å²) in [6, 6.07) is 63.0. The minimum Gasteiger partial charge on any atom is -0.393 e. The van der Waals surface area contributed by atoms with Crippen molar-refractivity contribution in [3.05, 3.63) is 309 Å². The number of rotatable bonds is 16. The fraction of sp³-hybridized carbons (Fsp3) is 0.149. The molecule has 5 aromatic carbocycles. The fourth-order valence-electron chi connectivity index (χ4n) is 12.6. The van der Waals surface area contributed by atoms with Gasteiger partial charge < -0.3 is 51.7 Å². The Bertz CT molecular complexity index is 5620.